The van der Waals surface area contributed by atoms with Crippen molar-refractivity contribution in [1.29, 1.82) is 0 Å². The van der Waals surface area contributed by atoms with Crippen molar-refractivity contribution >= 4 is 39.1 Å². The van der Waals surface area contributed by atoms with Gasteiger partial charge in [-0.25, -0.2) is 8.42 Å². The van der Waals surface area contributed by atoms with Crippen molar-refractivity contribution < 1.29 is 8.42 Å². The van der Waals surface area contributed by atoms with Crippen molar-refractivity contribution in [3.05, 3.63) is 71.1 Å². The van der Waals surface area contributed by atoms with E-state index < -0.39 is 10.0 Å². The highest BCUT2D eigenvalue weighted by atomic mass is 32.2. The summed E-state index contributed by atoms with van der Waals surface area (Å²) in [5, 5.41) is 5.16. The van der Waals surface area contributed by atoms with Crippen molar-refractivity contribution in [2.24, 2.45) is 0 Å². The van der Waals surface area contributed by atoms with Crippen LogP contribution in [-0.2, 0) is 10.0 Å². The van der Waals surface area contributed by atoms with Crippen LogP contribution in [-0.4, -0.2) is 48.9 Å². The number of aryl methyl sites for hydroxylation is 1. The number of rotatable bonds is 4. The molecule has 0 amide bonds. The van der Waals surface area contributed by atoms with Gasteiger partial charge in [0.05, 0.1) is 0 Å². The number of nitrogens with zero attached hydrogens (tertiary/aromatic N) is 2. The average Bonchev–Trinajstić information content (AvgIpc) is 2.69. The van der Waals surface area contributed by atoms with E-state index in [1.54, 1.807) is 6.08 Å². The van der Waals surface area contributed by atoms with Gasteiger partial charge in [0, 0.05) is 37.3 Å². The molecule has 2 aromatic carbocycles. The maximum Gasteiger partial charge on any atom is 0.236 e. The lowest BCUT2D eigenvalue weighted by Gasteiger charge is -2.35. The summed E-state index contributed by atoms with van der Waals surface area (Å²) in [5.41, 5.74) is 2.96. The van der Waals surface area contributed by atoms with Crippen LogP contribution in [0.5, 0.6) is 0 Å². The summed E-state index contributed by atoms with van der Waals surface area (Å²) < 4.78 is 26.6. The lowest BCUT2D eigenvalue weighted by Crippen LogP contribution is -2.51. The summed E-state index contributed by atoms with van der Waals surface area (Å²) in [6.45, 7) is 3.98. The van der Waals surface area contributed by atoms with E-state index in [1.807, 2.05) is 66.4 Å². The van der Waals surface area contributed by atoms with Gasteiger partial charge in [-0.1, -0.05) is 48.5 Å². The van der Waals surface area contributed by atoms with Crippen LogP contribution in [0.4, 0.5) is 5.69 Å². The average molecular weight is 402 g/mol. The zero-order valence-corrected chi connectivity index (χ0v) is 16.8. The Bertz CT molecular complexity index is 919. The fourth-order valence-electron chi connectivity index (χ4n) is 2.87. The standard InChI is InChI=1S/C20H23N3O2S2/c1-17-7-5-6-10-19(17)21-20(26)22-12-14-23(15-13-22)27(24,25)16-11-18-8-3-2-4-9-18/h2-11,16H,12-15H2,1H3,(H,21,26)/b16-11+. The van der Waals surface area contributed by atoms with Gasteiger partial charge in [0.15, 0.2) is 5.11 Å². The Morgan fingerprint density at radius 3 is 2.30 bits per heavy atom. The molecule has 0 spiro atoms. The number of thiocarbonyl (C=S) groups is 1. The molecule has 142 valence electrons. The zero-order valence-electron chi connectivity index (χ0n) is 15.2. The second kappa shape index (κ2) is 8.65. The van der Waals surface area contributed by atoms with Crippen LogP contribution >= 0.6 is 12.2 Å². The molecule has 1 heterocycles. The van der Waals surface area contributed by atoms with E-state index in [0.717, 1.165) is 16.8 Å². The van der Waals surface area contributed by atoms with E-state index in [-0.39, 0.29) is 0 Å². The first kappa shape index (κ1) is 19.5. The largest absolute Gasteiger partial charge is 0.346 e. The second-order valence-corrected chi connectivity index (χ2v) is 8.59. The molecular weight excluding hydrogens is 378 g/mol. The Kier molecular flexibility index (Phi) is 6.26. The molecule has 2 aromatic rings. The van der Waals surface area contributed by atoms with Crippen LogP contribution in [0.25, 0.3) is 6.08 Å². The number of anilines is 1. The van der Waals surface area contributed by atoms with E-state index in [1.165, 1.54) is 9.71 Å². The van der Waals surface area contributed by atoms with Gasteiger partial charge in [0.2, 0.25) is 10.0 Å². The first-order chi connectivity index (χ1) is 13.0. The Balaban J connectivity index is 1.57. The van der Waals surface area contributed by atoms with Crippen LogP contribution < -0.4 is 5.32 Å². The minimum Gasteiger partial charge on any atom is -0.346 e. The molecule has 0 bridgehead atoms. The summed E-state index contributed by atoms with van der Waals surface area (Å²) >= 11 is 5.50. The molecule has 0 aliphatic carbocycles. The Labute approximate surface area is 166 Å². The van der Waals surface area contributed by atoms with Crippen LogP contribution in [0.3, 0.4) is 0 Å². The molecule has 27 heavy (non-hydrogen) atoms. The molecule has 0 aromatic heterocycles. The second-order valence-electron chi connectivity index (χ2n) is 6.39. The molecule has 0 radical (unpaired) electrons. The number of para-hydroxylation sites is 1. The maximum atomic E-state index is 12.5. The molecule has 1 saturated heterocycles. The normalized spacial score (nSPS) is 15.8. The topological polar surface area (TPSA) is 52.6 Å². The molecule has 0 unspecified atom stereocenters. The predicted molar refractivity (Wildman–Crippen MR) is 115 cm³/mol. The summed E-state index contributed by atoms with van der Waals surface area (Å²) in [5.74, 6) is 0. The minimum atomic E-state index is -3.43. The lowest BCUT2D eigenvalue weighted by molar-refractivity contribution is 0.270. The van der Waals surface area contributed by atoms with Gasteiger partial charge < -0.3 is 10.2 Å². The molecule has 0 saturated carbocycles. The van der Waals surface area contributed by atoms with Gasteiger partial charge in [0.25, 0.3) is 0 Å². The lowest BCUT2D eigenvalue weighted by atomic mass is 10.2. The smallest absolute Gasteiger partial charge is 0.236 e. The van der Waals surface area contributed by atoms with Crippen molar-refractivity contribution in [2.45, 2.75) is 6.92 Å². The third-order valence-corrected chi connectivity index (χ3v) is 6.43. The third kappa shape index (κ3) is 5.15. The predicted octanol–water partition coefficient (Wildman–Crippen LogP) is 3.31. The molecule has 1 N–H and O–H groups in total. The van der Waals surface area contributed by atoms with Crippen LogP contribution in [0, 0.1) is 6.92 Å². The fraction of sp³-hybridized carbons (Fsp3) is 0.250. The van der Waals surface area contributed by atoms with Gasteiger partial charge >= 0.3 is 0 Å². The maximum absolute atomic E-state index is 12.5. The highest BCUT2D eigenvalue weighted by molar-refractivity contribution is 7.92. The van der Waals surface area contributed by atoms with E-state index in [9.17, 15) is 8.42 Å². The van der Waals surface area contributed by atoms with E-state index in [2.05, 4.69) is 5.32 Å². The molecule has 1 aliphatic heterocycles. The summed E-state index contributed by atoms with van der Waals surface area (Å²) in [6, 6.07) is 17.4. The van der Waals surface area contributed by atoms with Crippen molar-refractivity contribution in [3.63, 3.8) is 0 Å². The van der Waals surface area contributed by atoms with Gasteiger partial charge in [-0.15, -0.1) is 0 Å². The van der Waals surface area contributed by atoms with E-state index in [4.69, 9.17) is 12.2 Å². The number of nitrogens with one attached hydrogen (secondary N) is 1. The number of hydrogen-bond acceptors (Lipinski definition) is 3. The third-order valence-electron chi connectivity index (χ3n) is 4.50. The summed E-state index contributed by atoms with van der Waals surface area (Å²) in [4.78, 5) is 2.01. The molecule has 0 atom stereocenters. The van der Waals surface area contributed by atoms with E-state index in [0.29, 0.717) is 31.3 Å². The van der Waals surface area contributed by atoms with Crippen LogP contribution in [0.2, 0.25) is 0 Å². The zero-order chi connectivity index (χ0) is 19.3. The minimum absolute atomic E-state index is 0.414. The number of hydrogen-bond donors (Lipinski definition) is 1. The quantitative estimate of drug-likeness (QED) is 0.797. The monoisotopic (exact) mass is 401 g/mol. The van der Waals surface area contributed by atoms with Crippen molar-refractivity contribution in [2.75, 3.05) is 31.5 Å². The Morgan fingerprint density at radius 2 is 1.63 bits per heavy atom. The highest BCUT2D eigenvalue weighted by Crippen LogP contribution is 2.16. The first-order valence-electron chi connectivity index (χ1n) is 8.80. The van der Waals surface area contributed by atoms with Crippen LogP contribution in [0.1, 0.15) is 11.1 Å². The fourth-order valence-corrected chi connectivity index (χ4v) is 4.33. The SMILES string of the molecule is Cc1ccccc1NC(=S)N1CCN(S(=O)(=O)/C=C/c2ccccc2)CC1. The molecule has 5 nitrogen and oxygen atoms in total. The van der Waals surface area contributed by atoms with Crippen LogP contribution in [0.15, 0.2) is 60.0 Å². The number of piperazine rings is 1. The van der Waals surface area contributed by atoms with Crippen molar-refractivity contribution in [3.8, 4) is 0 Å². The summed E-state index contributed by atoms with van der Waals surface area (Å²) in [6.07, 6.45) is 1.63. The molecule has 3 rings (SSSR count). The van der Waals surface area contributed by atoms with Gasteiger partial charge in [0.1, 0.15) is 0 Å². The molecule has 1 aliphatic rings. The Hall–Kier alpha value is -2.22. The molecule has 1 fully saturated rings. The van der Waals surface area contributed by atoms with E-state index >= 15 is 0 Å². The van der Waals surface area contributed by atoms with Gasteiger partial charge in [-0.05, 0) is 42.4 Å². The summed E-state index contributed by atoms with van der Waals surface area (Å²) in [7, 11) is -3.43. The van der Waals surface area contributed by atoms with Gasteiger partial charge in [-0.2, -0.15) is 4.31 Å². The van der Waals surface area contributed by atoms with Crippen molar-refractivity contribution in [1.82, 2.24) is 9.21 Å². The number of sulfonamides is 1. The highest BCUT2D eigenvalue weighted by Gasteiger charge is 2.26. The number of benzene rings is 2. The molecular formula is C20H23N3O2S2. The van der Waals surface area contributed by atoms with Gasteiger partial charge in [-0.3, -0.25) is 0 Å². The first-order valence-corrected chi connectivity index (χ1v) is 10.7. The molecule has 7 heteroatoms. The Morgan fingerprint density at radius 1 is 1.00 bits per heavy atom.